The zero-order valence-corrected chi connectivity index (χ0v) is 22.0. The largest absolute Gasteiger partial charge is 0.573 e. The fourth-order valence-corrected chi connectivity index (χ4v) is 5.66. The summed E-state index contributed by atoms with van der Waals surface area (Å²) in [7, 11) is -2.71. The van der Waals surface area contributed by atoms with E-state index in [1.165, 1.54) is 64.6 Å². The second-order valence-electron chi connectivity index (χ2n) is 8.86. The van der Waals surface area contributed by atoms with Crippen LogP contribution in [0.1, 0.15) is 11.3 Å². The minimum Gasteiger partial charge on any atom is -0.495 e. The zero-order chi connectivity index (χ0) is 29.4. The first-order valence-corrected chi connectivity index (χ1v) is 13.4. The van der Waals surface area contributed by atoms with E-state index < -0.39 is 33.7 Å². The van der Waals surface area contributed by atoms with Crippen LogP contribution in [0.4, 0.5) is 23.4 Å². The molecule has 0 radical (unpaired) electrons. The molecule has 3 heterocycles. The van der Waals surface area contributed by atoms with Gasteiger partial charge in [0.15, 0.2) is 5.82 Å². The van der Waals surface area contributed by atoms with Gasteiger partial charge in [-0.05, 0) is 41.5 Å². The first kappa shape index (κ1) is 28.0. The van der Waals surface area contributed by atoms with E-state index in [0.717, 1.165) is 18.2 Å². The molecule has 0 unspecified atom stereocenters. The highest BCUT2D eigenvalue weighted by atomic mass is 32.2. The summed E-state index contributed by atoms with van der Waals surface area (Å²) >= 11 is 0. The molecule has 0 aliphatic carbocycles. The van der Waals surface area contributed by atoms with E-state index in [-0.39, 0.29) is 47.9 Å². The van der Waals surface area contributed by atoms with Crippen LogP contribution >= 0.6 is 0 Å². The van der Waals surface area contributed by atoms with Gasteiger partial charge in [0.2, 0.25) is 0 Å². The Hall–Kier alpha value is -4.50. The van der Waals surface area contributed by atoms with E-state index in [9.17, 15) is 26.4 Å². The van der Waals surface area contributed by atoms with Gasteiger partial charge in [-0.2, -0.15) is 17.8 Å². The van der Waals surface area contributed by atoms with Gasteiger partial charge in [0.25, 0.3) is 5.56 Å². The molecule has 1 aliphatic heterocycles. The topological polar surface area (TPSA) is 116 Å². The fourth-order valence-electron chi connectivity index (χ4n) is 4.52. The van der Waals surface area contributed by atoms with Crippen molar-refractivity contribution in [3.05, 3.63) is 94.3 Å². The average Bonchev–Trinajstić information content (AvgIpc) is 2.92. The Morgan fingerprint density at radius 3 is 2.56 bits per heavy atom. The standard InChI is InChI=1S/C26H21F4N5O5S/c1-39-23-13-19(16-4-2-5-18(12-16)40-26(28,29)30)20(27)14-22(23)35-21-9-11-34(15-17(21)7-8-25(35)36)41(37,38)33-24-6-3-10-31-32-24/h2-8,10,12-14H,9,11,15H2,1H3,(H,32,33). The molecule has 0 saturated carbocycles. The summed E-state index contributed by atoms with van der Waals surface area (Å²) in [5.74, 6) is -1.25. The van der Waals surface area contributed by atoms with E-state index in [4.69, 9.17) is 4.74 Å². The van der Waals surface area contributed by atoms with Crippen LogP contribution in [0.15, 0.2) is 71.7 Å². The van der Waals surface area contributed by atoms with Crippen LogP contribution < -0.4 is 19.8 Å². The maximum atomic E-state index is 15.5. The van der Waals surface area contributed by atoms with E-state index in [1.54, 1.807) is 0 Å². The van der Waals surface area contributed by atoms with Crippen LogP contribution in [-0.2, 0) is 23.2 Å². The first-order chi connectivity index (χ1) is 19.4. The fraction of sp³-hybridized carbons (Fsp3) is 0.192. The predicted octanol–water partition coefficient (Wildman–Crippen LogP) is 4.06. The Kier molecular flexibility index (Phi) is 7.40. The Labute approximate surface area is 231 Å². The van der Waals surface area contributed by atoms with E-state index >= 15 is 4.39 Å². The lowest BCUT2D eigenvalue weighted by molar-refractivity contribution is -0.274. The third-order valence-corrected chi connectivity index (χ3v) is 7.73. The van der Waals surface area contributed by atoms with Crippen molar-refractivity contribution < 1.29 is 35.5 Å². The summed E-state index contributed by atoms with van der Waals surface area (Å²) < 4.78 is 93.6. The maximum Gasteiger partial charge on any atom is 0.573 e. The van der Waals surface area contributed by atoms with Crippen molar-refractivity contribution in [3.8, 4) is 28.3 Å². The van der Waals surface area contributed by atoms with Gasteiger partial charge < -0.3 is 9.47 Å². The lowest BCUT2D eigenvalue weighted by atomic mass is 10.0. The summed E-state index contributed by atoms with van der Waals surface area (Å²) in [5.41, 5.74) is 0.505. The number of alkyl halides is 3. The third kappa shape index (κ3) is 6.00. The van der Waals surface area contributed by atoms with Crippen LogP contribution in [0.25, 0.3) is 16.8 Å². The molecule has 0 atom stereocenters. The summed E-state index contributed by atoms with van der Waals surface area (Å²) in [5, 5.41) is 7.37. The molecule has 1 aliphatic rings. The van der Waals surface area contributed by atoms with E-state index in [0.29, 0.717) is 11.3 Å². The lowest BCUT2D eigenvalue weighted by Crippen LogP contribution is -2.41. The van der Waals surface area contributed by atoms with Gasteiger partial charge in [0.05, 0.1) is 12.8 Å². The number of ether oxygens (including phenoxy) is 2. The second kappa shape index (κ2) is 10.8. The van der Waals surface area contributed by atoms with Crippen LogP contribution in [-0.4, -0.2) is 47.5 Å². The number of rotatable bonds is 7. The highest BCUT2D eigenvalue weighted by Gasteiger charge is 2.32. The van der Waals surface area contributed by atoms with Crippen molar-refractivity contribution in [1.82, 2.24) is 19.1 Å². The van der Waals surface area contributed by atoms with Gasteiger partial charge in [-0.1, -0.05) is 18.2 Å². The molecule has 1 N–H and O–H groups in total. The van der Waals surface area contributed by atoms with Crippen molar-refractivity contribution in [1.29, 1.82) is 0 Å². The molecule has 2 aromatic carbocycles. The number of hydrogen-bond donors (Lipinski definition) is 1. The minimum atomic E-state index is -4.92. The highest BCUT2D eigenvalue weighted by Crippen LogP contribution is 2.35. The molecule has 2 aromatic heterocycles. The monoisotopic (exact) mass is 591 g/mol. The van der Waals surface area contributed by atoms with Crippen molar-refractivity contribution in [2.75, 3.05) is 18.4 Å². The molecule has 214 valence electrons. The SMILES string of the molecule is COc1cc(-c2cccc(OC(F)(F)F)c2)c(F)cc1-n1c2c(ccc1=O)CN(S(=O)(=O)Nc1cccnn1)CC2. The van der Waals surface area contributed by atoms with Crippen LogP contribution in [0.3, 0.4) is 0 Å². The molecule has 0 saturated heterocycles. The molecule has 5 rings (SSSR count). The minimum absolute atomic E-state index is 0.000920. The predicted molar refractivity (Wildman–Crippen MR) is 139 cm³/mol. The normalized spacial score (nSPS) is 13.9. The van der Waals surface area contributed by atoms with Gasteiger partial charge in [-0.25, -0.2) is 4.39 Å². The third-order valence-electron chi connectivity index (χ3n) is 6.27. The summed E-state index contributed by atoms with van der Waals surface area (Å²) in [6.07, 6.45) is -3.42. The number of nitrogens with one attached hydrogen (secondary N) is 1. The summed E-state index contributed by atoms with van der Waals surface area (Å²) in [4.78, 5) is 13.0. The van der Waals surface area contributed by atoms with E-state index in [2.05, 4.69) is 19.7 Å². The number of benzene rings is 2. The summed E-state index contributed by atoms with van der Waals surface area (Å²) in [6.45, 7) is -0.0823. The Morgan fingerprint density at radius 2 is 1.85 bits per heavy atom. The first-order valence-electron chi connectivity index (χ1n) is 12.0. The number of hydrogen-bond acceptors (Lipinski definition) is 7. The van der Waals surface area contributed by atoms with Gasteiger partial charge >= 0.3 is 16.6 Å². The molecular formula is C26H21F4N5O5S. The lowest BCUT2D eigenvalue weighted by Gasteiger charge is -2.30. The van der Waals surface area contributed by atoms with Gasteiger partial charge in [0.1, 0.15) is 17.3 Å². The van der Waals surface area contributed by atoms with Crippen molar-refractivity contribution in [3.63, 3.8) is 0 Å². The highest BCUT2D eigenvalue weighted by molar-refractivity contribution is 7.90. The van der Waals surface area contributed by atoms with Gasteiger partial charge in [-0.15, -0.1) is 18.3 Å². The average molecular weight is 592 g/mol. The van der Waals surface area contributed by atoms with Gasteiger partial charge in [-0.3, -0.25) is 14.1 Å². The smallest absolute Gasteiger partial charge is 0.495 e. The Bertz CT molecular complexity index is 1760. The number of pyridine rings is 1. The molecular weight excluding hydrogens is 570 g/mol. The molecule has 0 spiro atoms. The maximum absolute atomic E-state index is 15.5. The number of nitrogens with zero attached hydrogens (tertiary/aromatic N) is 4. The molecule has 4 aromatic rings. The molecule has 10 nitrogen and oxygen atoms in total. The van der Waals surface area contributed by atoms with Crippen molar-refractivity contribution >= 4 is 16.0 Å². The number of anilines is 1. The molecule has 41 heavy (non-hydrogen) atoms. The second-order valence-corrected chi connectivity index (χ2v) is 10.5. The Morgan fingerprint density at radius 1 is 1.05 bits per heavy atom. The van der Waals surface area contributed by atoms with Crippen molar-refractivity contribution in [2.45, 2.75) is 19.3 Å². The van der Waals surface area contributed by atoms with Crippen LogP contribution in [0.2, 0.25) is 0 Å². The molecule has 0 bridgehead atoms. The van der Waals surface area contributed by atoms with Crippen LogP contribution in [0.5, 0.6) is 11.5 Å². The quantitative estimate of drug-likeness (QED) is 0.323. The Balaban J connectivity index is 1.51. The number of fused-ring (bicyclic) bond motifs is 1. The molecule has 0 fully saturated rings. The van der Waals surface area contributed by atoms with E-state index in [1.807, 2.05) is 0 Å². The van der Waals surface area contributed by atoms with Crippen molar-refractivity contribution in [2.24, 2.45) is 0 Å². The zero-order valence-electron chi connectivity index (χ0n) is 21.2. The number of aromatic nitrogens is 3. The molecule has 15 heteroatoms. The summed E-state index contributed by atoms with van der Waals surface area (Å²) in [6, 6.07) is 12.8. The van der Waals surface area contributed by atoms with Crippen LogP contribution in [0, 0.1) is 5.82 Å². The number of halogens is 4. The van der Waals surface area contributed by atoms with Gasteiger partial charge in [0, 0.05) is 49.1 Å². The molecule has 0 amide bonds. The number of methoxy groups -OCH3 is 1.